The predicted molar refractivity (Wildman–Crippen MR) is 138 cm³/mol. The second-order valence-corrected chi connectivity index (χ2v) is 7.89. The smallest absolute Gasteiger partial charge is 0.204 e. The Morgan fingerprint density at radius 1 is 0.969 bits per heavy atom. The van der Waals surface area contributed by atoms with Crippen molar-refractivity contribution >= 4 is 54.2 Å². The van der Waals surface area contributed by atoms with Crippen LogP contribution in [0.1, 0.15) is 31.2 Å². The van der Waals surface area contributed by atoms with E-state index in [0.717, 1.165) is 68.0 Å². The van der Waals surface area contributed by atoms with E-state index >= 15 is 0 Å². The molecule has 178 valence electrons. The summed E-state index contributed by atoms with van der Waals surface area (Å²) >= 11 is 0. The lowest BCUT2D eigenvalue weighted by Crippen LogP contribution is -2.40. The third-order valence-corrected chi connectivity index (χ3v) is 5.76. The molecule has 5 nitrogen and oxygen atoms in total. The van der Waals surface area contributed by atoms with Gasteiger partial charge < -0.3 is 20.5 Å². The maximum Gasteiger partial charge on any atom is 0.204 e. The fourth-order valence-corrected chi connectivity index (χ4v) is 4.08. The number of halogens is 4. The number of unbranched alkanes of at least 4 members (excludes halogenated alkanes) is 1. The van der Waals surface area contributed by atoms with Crippen LogP contribution in [0.3, 0.4) is 0 Å². The van der Waals surface area contributed by atoms with E-state index in [2.05, 4.69) is 20.9 Å². The molecule has 1 aliphatic rings. The Labute approximate surface area is 208 Å². The number of anilines is 1. The van der Waals surface area contributed by atoms with Gasteiger partial charge in [-0.1, -0.05) is 24.3 Å². The summed E-state index contributed by atoms with van der Waals surface area (Å²) in [7, 11) is 0. The summed E-state index contributed by atoms with van der Waals surface area (Å²) in [5.74, 6) is 0.693. The maximum absolute atomic E-state index is 13.3. The molecule has 2 heterocycles. The molecule has 32 heavy (non-hydrogen) atoms. The first kappa shape index (κ1) is 28.5. The van der Waals surface area contributed by atoms with E-state index in [1.165, 1.54) is 18.6 Å². The van der Waals surface area contributed by atoms with Crippen LogP contribution in [0.2, 0.25) is 0 Å². The molecule has 1 aromatic heterocycles. The summed E-state index contributed by atoms with van der Waals surface area (Å²) in [6, 6.07) is 15.3. The Morgan fingerprint density at radius 3 is 2.34 bits per heavy atom. The monoisotopic (exact) mass is 503 g/mol. The third-order valence-electron chi connectivity index (χ3n) is 5.76. The molecule has 0 saturated carbocycles. The van der Waals surface area contributed by atoms with Crippen LogP contribution in [0, 0.1) is 5.82 Å². The Morgan fingerprint density at radius 2 is 1.66 bits per heavy atom. The molecule has 1 aliphatic heterocycles. The number of rotatable bonds is 8. The van der Waals surface area contributed by atoms with Crippen molar-refractivity contribution < 1.29 is 4.39 Å². The fourth-order valence-electron chi connectivity index (χ4n) is 4.08. The van der Waals surface area contributed by atoms with Crippen molar-refractivity contribution in [2.45, 2.75) is 38.3 Å². The van der Waals surface area contributed by atoms with Gasteiger partial charge in [-0.3, -0.25) is 0 Å². The SMILES string of the molecule is Cl.Cl.Cl.NCCCCN1CCC(Nc2nc3ccccc3n2Cc2ccc(F)cc2)CC1. The minimum Gasteiger partial charge on any atom is -0.353 e. The number of imidazole rings is 1. The second-order valence-electron chi connectivity index (χ2n) is 7.89. The summed E-state index contributed by atoms with van der Waals surface area (Å²) in [5, 5.41) is 3.69. The van der Waals surface area contributed by atoms with Crippen LogP contribution < -0.4 is 11.1 Å². The first-order chi connectivity index (χ1) is 14.2. The van der Waals surface area contributed by atoms with Gasteiger partial charge in [0.05, 0.1) is 17.6 Å². The molecule has 4 rings (SSSR count). The van der Waals surface area contributed by atoms with Gasteiger partial charge in [-0.15, -0.1) is 37.2 Å². The normalized spacial score (nSPS) is 14.3. The van der Waals surface area contributed by atoms with Crippen molar-refractivity contribution in [3.63, 3.8) is 0 Å². The Bertz CT molecular complexity index is 927. The van der Waals surface area contributed by atoms with Crippen molar-refractivity contribution in [1.29, 1.82) is 0 Å². The first-order valence-electron chi connectivity index (χ1n) is 10.6. The van der Waals surface area contributed by atoms with Gasteiger partial charge in [-0.25, -0.2) is 9.37 Å². The number of fused-ring (bicyclic) bond motifs is 1. The van der Waals surface area contributed by atoms with E-state index in [1.807, 2.05) is 30.3 Å². The van der Waals surface area contributed by atoms with Gasteiger partial charge in [0, 0.05) is 19.1 Å². The van der Waals surface area contributed by atoms with E-state index in [9.17, 15) is 4.39 Å². The number of nitrogens with zero attached hydrogens (tertiary/aromatic N) is 3. The quantitative estimate of drug-likeness (QED) is 0.419. The second kappa shape index (κ2) is 13.9. The number of aromatic nitrogens is 2. The van der Waals surface area contributed by atoms with Gasteiger partial charge in [-0.05, 0) is 68.6 Å². The summed E-state index contributed by atoms with van der Waals surface area (Å²) in [4.78, 5) is 7.39. The van der Waals surface area contributed by atoms with Crippen LogP contribution in [0.5, 0.6) is 0 Å². The molecule has 0 bridgehead atoms. The van der Waals surface area contributed by atoms with E-state index in [-0.39, 0.29) is 43.0 Å². The van der Waals surface area contributed by atoms with E-state index in [1.54, 1.807) is 0 Å². The predicted octanol–water partition coefficient (Wildman–Crippen LogP) is 5.10. The molecule has 0 unspecified atom stereocenters. The average Bonchev–Trinajstić information content (AvgIpc) is 3.08. The molecular formula is C23H33Cl3FN5. The largest absolute Gasteiger partial charge is 0.353 e. The highest BCUT2D eigenvalue weighted by molar-refractivity contribution is 5.86. The lowest BCUT2D eigenvalue weighted by Gasteiger charge is -2.32. The fraction of sp³-hybridized carbons (Fsp3) is 0.435. The Kier molecular flexibility index (Phi) is 12.3. The summed E-state index contributed by atoms with van der Waals surface area (Å²) in [6.45, 7) is 4.82. The van der Waals surface area contributed by atoms with Gasteiger partial charge in [-0.2, -0.15) is 0 Å². The van der Waals surface area contributed by atoms with Crippen molar-refractivity contribution in [2.24, 2.45) is 5.73 Å². The maximum atomic E-state index is 13.3. The molecule has 0 atom stereocenters. The highest BCUT2D eigenvalue weighted by atomic mass is 35.5. The molecule has 0 spiro atoms. The molecule has 3 N–H and O–H groups in total. The van der Waals surface area contributed by atoms with Crippen molar-refractivity contribution in [1.82, 2.24) is 14.5 Å². The Hall–Kier alpha value is -1.57. The summed E-state index contributed by atoms with van der Waals surface area (Å²) in [6.07, 6.45) is 4.51. The van der Waals surface area contributed by atoms with Gasteiger partial charge >= 0.3 is 0 Å². The number of para-hydroxylation sites is 2. The number of hydrogen-bond acceptors (Lipinski definition) is 4. The molecular weight excluding hydrogens is 472 g/mol. The van der Waals surface area contributed by atoms with Gasteiger partial charge in [0.2, 0.25) is 5.95 Å². The van der Waals surface area contributed by atoms with Crippen LogP contribution in [-0.2, 0) is 6.54 Å². The van der Waals surface area contributed by atoms with E-state index in [4.69, 9.17) is 10.7 Å². The summed E-state index contributed by atoms with van der Waals surface area (Å²) < 4.78 is 15.5. The molecule has 1 saturated heterocycles. The number of benzene rings is 2. The van der Waals surface area contributed by atoms with Crippen molar-refractivity contribution in [2.75, 3.05) is 31.5 Å². The third kappa shape index (κ3) is 7.22. The standard InChI is InChI=1S/C23H30FN5.3ClH/c24-19-9-7-18(8-10-19)17-29-22-6-2-1-5-21(22)27-23(29)26-20-11-15-28(16-12-20)14-4-3-13-25;;;/h1-2,5-10,20H,3-4,11-17,25H2,(H,26,27);3*1H. The van der Waals surface area contributed by atoms with Gasteiger partial charge in [0.15, 0.2) is 0 Å². The van der Waals surface area contributed by atoms with Crippen LogP contribution in [-0.4, -0.2) is 46.7 Å². The molecule has 3 aromatic rings. The van der Waals surface area contributed by atoms with Gasteiger partial charge in [0.1, 0.15) is 5.82 Å². The number of piperidine rings is 1. The van der Waals surface area contributed by atoms with Crippen LogP contribution in [0.4, 0.5) is 10.3 Å². The lowest BCUT2D eigenvalue weighted by atomic mass is 10.0. The summed E-state index contributed by atoms with van der Waals surface area (Å²) in [5.41, 5.74) is 8.75. The zero-order valence-electron chi connectivity index (χ0n) is 18.1. The highest BCUT2D eigenvalue weighted by Gasteiger charge is 2.21. The zero-order valence-corrected chi connectivity index (χ0v) is 20.5. The molecule has 0 amide bonds. The number of hydrogen-bond donors (Lipinski definition) is 2. The topological polar surface area (TPSA) is 59.1 Å². The average molecular weight is 505 g/mol. The lowest BCUT2D eigenvalue weighted by molar-refractivity contribution is 0.215. The Balaban J connectivity index is 0.00000171. The molecule has 0 radical (unpaired) electrons. The van der Waals surface area contributed by atoms with E-state index < -0.39 is 0 Å². The van der Waals surface area contributed by atoms with Crippen LogP contribution >= 0.6 is 37.2 Å². The van der Waals surface area contributed by atoms with Crippen molar-refractivity contribution in [3.8, 4) is 0 Å². The molecule has 2 aromatic carbocycles. The first-order valence-corrected chi connectivity index (χ1v) is 10.6. The number of likely N-dealkylation sites (tertiary alicyclic amines) is 1. The molecule has 1 fully saturated rings. The molecule has 0 aliphatic carbocycles. The zero-order chi connectivity index (χ0) is 20.1. The number of nitrogens with two attached hydrogens (primary N) is 1. The molecule has 9 heteroatoms. The minimum atomic E-state index is -0.208. The van der Waals surface area contributed by atoms with Crippen molar-refractivity contribution in [3.05, 3.63) is 59.9 Å². The highest BCUT2D eigenvalue weighted by Crippen LogP contribution is 2.24. The number of nitrogens with one attached hydrogen (secondary N) is 1. The van der Waals surface area contributed by atoms with E-state index in [0.29, 0.717) is 12.6 Å². The van der Waals surface area contributed by atoms with Crippen LogP contribution in [0.15, 0.2) is 48.5 Å². The van der Waals surface area contributed by atoms with Gasteiger partial charge in [0.25, 0.3) is 0 Å². The van der Waals surface area contributed by atoms with Crippen LogP contribution in [0.25, 0.3) is 11.0 Å². The minimum absolute atomic E-state index is 0.